The van der Waals surface area contributed by atoms with E-state index in [0.29, 0.717) is 11.5 Å². The zero-order valence-electron chi connectivity index (χ0n) is 10.0. The Morgan fingerprint density at radius 1 is 1.28 bits per heavy atom. The molecule has 0 saturated heterocycles. The van der Waals surface area contributed by atoms with Gasteiger partial charge in [0.05, 0.1) is 5.56 Å². The first kappa shape index (κ1) is 14.7. The molecule has 0 radical (unpaired) electrons. The highest BCUT2D eigenvalue weighted by atomic mass is 35.5. The molecule has 0 spiro atoms. The van der Waals surface area contributed by atoms with Crippen LogP contribution in [0.3, 0.4) is 0 Å². The molecule has 1 heterocycles. The third kappa shape index (κ3) is 3.54. The van der Waals surface area contributed by atoms with Crippen LogP contribution < -0.4 is 16.8 Å². The maximum atomic E-state index is 10.9. The Morgan fingerprint density at radius 3 is 2.44 bits per heavy atom. The van der Waals surface area contributed by atoms with E-state index in [1.807, 2.05) is 0 Å². The average molecular weight is 272 g/mol. The van der Waals surface area contributed by atoms with E-state index in [2.05, 4.69) is 15.3 Å². The van der Waals surface area contributed by atoms with Crippen molar-refractivity contribution in [3.63, 3.8) is 0 Å². The second kappa shape index (κ2) is 6.51. The van der Waals surface area contributed by atoms with Crippen LogP contribution in [0, 0.1) is 0 Å². The summed E-state index contributed by atoms with van der Waals surface area (Å²) < 4.78 is 0. The number of aromatic nitrogens is 2. The molecule has 2 rings (SSSR count). The van der Waals surface area contributed by atoms with Gasteiger partial charge in [-0.25, -0.2) is 9.97 Å². The lowest BCUT2D eigenvalue weighted by Gasteiger charge is -2.29. The van der Waals surface area contributed by atoms with Gasteiger partial charge >= 0.3 is 0 Å². The van der Waals surface area contributed by atoms with Gasteiger partial charge in [0.2, 0.25) is 5.95 Å². The summed E-state index contributed by atoms with van der Waals surface area (Å²) in [6.07, 6.45) is 7.25. The first-order chi connectivity index (χ1) is 8.16. The minimum Gasteiger partial charge on any atom is -0.366 e. The fourth-order valence-electron chi connectivity index (χ4n) is 2.03. The van der Waals surface area contributed by atoms with Crippen LogP contribution in [0.15, 0.2) is 12.4 Å². The van der Waals surface area contributed by atoms with Crippen LogP contribution in [0.4, 0.5) is 5.95 Å². The lowest BCUT2D eigenvalue weighted by Crippen LogP contribution is -2.42. The number of nitrogens with zero attached hydrogens (tertiary/aromatic N) is 2. The van der Waals surface area contributed by atoms with Crippen LogP contribution in [0.1, 0.15) is 36.0 Å². The molecule has 5 N–H and O–H groups in total. The highest BCUT2D eigenvalue weighted by Gasteiger charge is 2.22. The molecule has 0 aromatic carbocycles. The fraction of sp³-hybridized carbons (Fsp3) is 0.545. The molecule has 1 aliphatic carbocycles. The highest BCUT2D eigenvalue weighted by Crippen LogP contribution is 2.19. The van der Waals surface area contributed by atoms with E-state index < -0.39 is 5.91 Å². The van der Waals surface area contributed by atoms with Crippen LogP contribution in [0.5, 0.6) is 0 Å². The van der Waals surface area contributed by atoms with Crippen LogP contribution in [0.25, 0.3) is 0 Å². The Kier molecular flexibility index (Phi) is 5.30. The Labute approximate surface area is 112 Å². The maximum absolute atomic E-state index is 10.9. The highest BCUT2D eigenvalue weighted by molar-refractivity contribution is 5.92. The van der Waals surface area contributed by atoms with Gasteiger partial charge < -0.3 is 16.8 Å². The lowest BCUT2D eigenvalue weighted by molar-refractivity contribution is 0.0999. The first-order valence-electron chi connectivity index (χ1n) is 5.81. The predicted molar refractivity (Wildman–Crippen MR) is 71.7 cm³/mol. The fourth-order valence-corrected chi connectivity index (χ4v) is 2.03. The summed E-state index contributed by atoms with van der Waals surface area (Å²) in [5.41, 5.74) is 11.4. The van der Waals surface area contributed by atoms with Crippen molar-refractivity contribution in [1.82, 2.24) is 9.97 Å². The van der Waals surface area contributed by atoms with Crippen molar-refractivity contribution in [2.75, 3.05) is 5.32 Å². The van der Waals surface area contributed by atoms with E-state index in [1.165, 1.54) is 25.2 Å². The monoisotopic (exact) mass is 271 g/mol. The van der Waals surface area contributed by atoms with Gasteiger partial charge in [-0.1, -0.05) is 12.8 Å². The number of rotatable bonds is 3. The third-order valence-electron chi connectivity index (χ3n) is 3.07. The number of carbonyl (C=O) groups excluding carboxylic acids is 1. The molecule has 1 aromatic heterocycles. The summed E-state index contributed by atoms with van der Waals surface area (Å²) in [4.78, 5) is 19.0. The number of anilines is 1. The normalized spacial score (nSPS) is 22.9. The van der Waals surface area contributed by atoms with Crippen molar-refractivity contribution in [2.24, 2.45) is 11.5 Å². The smallest absolute Gasteiger partial charge is 0.251 e. The standard InChI is InChI=1S/C11H17N5O.ClH/c12-8-3-1-2-4-9(8)16-11-14-5-7(6-15-11)10(13)17;/h5-6,8-9H,1-4,12H2,(H2,13,17)(H,14,15,16);1H/t8-,9+;/m0./s1. The molecule has 100 valence electrons. The number of carbonyl (C=O) groups is 1. The number of nitrogens with two attached hydrogens (primary N) is 2. The van der Waals surface area contributed by atoms with Crippen molar-refractivity contribution in [1.29, 1.82) is 0 Å². The average Bonchev–Trinajstić information content (AvgIpc) is 2.33. The summed E-state index contributed by atoms with van der Waals surface area (Å²) in [6.45, 7) is 0. The minimum absolute atomic E-state index is 0. The van der Waals surface area contributed by atoms with Gasteiger partial charge in [-0.2, -0.15) is 0 Å². The molecule has 1 aliphatic rings. The zero-order valence-corrected chi connectivity index (χ0v) is 10.8. The Balaban J connectivity index is 0.00000162. The van der Waals surface area contributed by atoms with Crippen LogP contribution >= 0.6 is 12.4 Å². The van der Waals surface area contributed by atoms with Gasteiger partial charge in [-0.3, -0.25) is 4.79 Å². The molecule has 1 amide bonds. The van der Waals surface area contributed by atoms with Gasteiger partial charge in [0.15, 0.2) is 0 Å². The van der Waals surface area contributed by atoms with Crippen molar-refractivity contribution in [2.45, 2.75) is 37.8 Å². The minimum atomic E-state index is -0.522. The number of hydrogen-bond acceptors (Lipinski definition) is 5. The SMILES string of the molecule is Cl.NC(=O)c1cnc(N[C@@H]2CCCC[C@@H]2N)nc1. The van der Waals surface area contributed by atoms with Crippen LogP contribution in [-0.4, -0.2) is 28.0 Å². The summed E-state index contributed by atoms with van der Waals surface area (Å²) in [7, 11) is 0. The predicted octanol–water partition coefficient (Wildman–Crippen LogP) is 0.679. The molecule has 1 aromatic rings. The van der Waals surface area contributed by atoms with E-state index in [-0.39, 0.29) is 24.5 Å². The summed E-state index contributed by atoms with van der Waals surface area (Å²) in [6, 6.07) is 0.353. The molecule has 2 atom stereocenters. The summed E-state index contributed by atoms with van der Waals surface area (Å²) in [5.74, 6) is -0.0248. The summed E-state index contributed by atoms with van der Waals surface area (Å²) >= 11 is 0. The van der Waals surface area contributed by atoms with Gasteiger partial charge in [0, 0.05) is 24.5 Å². The molecule has 1 fully saturated rings. The van der Waals surface area contributed by atoms with Crippen LogP contribution in [-0.2, 0) is 0 Å². The number of nitrogens with one attached hydrogen (secondary N) is 1. The van der Waals surface area contributed by atoms with E-state index in [9.17, 15) is 4.79 Å². The maximum Gasteiger partial charge on any atom is 0.251 e. The molecule has 0 bridgehead atoms. The Morgan fingerprint density at radius 2 is 1.89 bits per heavy atom. The lowest BCUT2D eigenvalue weighted by atomic mass is 9.91. The largest absolute Gasteiger partial charge is 0.366 e. The Bertz CT molecular complexity index is 397. The molecule has 1 saturated carbocycles. The molecule has 18 heavy (non-hydrogen) atoms. The van der Waals surface area contributed by atoms with Gasteiger partial charge in [0.25, 0.3) is 5.91 Å². The van der Waals surface area contributed by atoms with Crippen molar-refractivity contribution in [3.05, 3.63) is 18.0 Å². The quantitative estimate of drug-likeness (QED) is 0.749. The first-order valence-corrected chi connectivity index (χ1v) is 5.81. The third-order valence-corrected chi connectivity index (χ3v) is 3.07. The number of hydrogen-bond donors (Lipinski definition) is 3. The molecule has 6 nitrogen and oxygen atoms in total. The molecular weight excluding hydrogens is 254 g/mol. The van der Waals surface area contributed by atoms with Crippen molar-refractivity contribution < 1.29 is 4.79 Å². The zero-order chi connectivity index (χ0) is 12.3. The van der Waals surface area contributed by atoms with E-state index in [4.69, 9.17) is 11.5 Å². The van der Waals surface area contributed by atoms with Crippen molar-refractivity contribution >= 4 is 24.3 Å². The van der Waals surface area contributed by atoms with Gasteiger partial charge in [-0.05, 0) is 12.8 Å². The molecular formula is C11H18ClN5O. The van der Waals surface area contributed by atoms with Crippen molar-refractivity contribution in [3.8, 4) is 0 Å². The second-order valence-electron chi connectivity index (χ2n) is 4.36. The van der Waals surface area contributed by atoms with E-state index in [1.54, 1.807) is 0 Å². The summed E-state index contributed by atoms with van der Waals surface area (Å²) in [5, 5.41) is 3.20. The topological polar surface area (TPSA) is 107 Å². The number of amides is 1. The van der Waals surface area contributed by atoms with E-state index >= 15 is 0 Å². The number of primary amides is 1. The second-order valence-corrected chi connectivity index (χ2v) is 4.36. The molecule has 0 unspecified atom stereocenters. The van der Waals surface area contributed by atoms with E-state index in [0.717, 1.165) is 12.8 Å². The molecule has 7 heteroatoms. The Hall–Kier alpha value is -1.40. The van der Waals surface area contributed by atoms with Gasteiger partial charge in [0.1, 0.15) is 0 Å². The number of halogens is 1. The molecule has 0 aliphatic heterocycles. The van der Waals surface area contributed by atoms with Gasteiger partial charge in [-0.15, -0.1) is 12.4 Å². The van der Waals surface area contributed by atoms with Crippen LogP contribution in [0.2, 0.25) is 0 Å².